The zero-order valence-corrected chi connectivity index (χ0v) is 31.0. The summed E-state index contributed by atoms with van der Waals surface area (Å²) < 4.78 is 0. The van der Waals surface area contributed by atoms with E-state index in [4.69, 9.17) is 0 Å². The third-order valence-electron chi connectivity index (χ3n) is 12.2. The average molecular weight is 692 g/mol. The van der Waals surface area contributed by atoms with Crippen molar-refractivity contribution in [2.24, 2.45) is 0 Å². The Bertz CT molecular complexity index is 2690. The van der Waals surface area contributed by atoms with Crippen molar-refractivity contribution in [3.8, 4) is 33.4 Å². The van der Waals surface area contributed by atoms with Crippen LogP contribution in [0.5, 0.6) is 0 Å². The summed E-state index contributed by atoms with van der Waals surface area (Å²) in [5.74, 6) is 0. The molecule has 7 aromatic rings. The molecule has 0 bridgehead atoms. The van der Waals surface area contributed by atoms with Gasteiger partial charge in [0, 0.05) is 22.4 Å². The Morgan fingerprint density at radius 1 is 0.500 bits per heavy atom. The highest BCUT2D eigenvalue weighted by Crippen LogP contribution is 2.63. The average Bonchev–Trinajstić information content (AvgIpc) is 3.77. The number of benzene rings is 7. The van der Waals surface area contributed by atoms with Crippen molar-refractivity contribution >= 4 is 22.6 Å². The second-order valence-electron chi connectivity index (χ2n) is 15.2. The van der Waals surface area contributed by atoms with Crippen LogP contribution >= 0.6 is 0 Å². The van der Waals surface area contributed by atoms with E-state index in [0.717, 1.165) is 28.2 Å². The first-order valence-corrected chi connectivity index (χ1v) is 19.0. The number of allylic oxidation sites excluding steroid dienone is 5. The fourth-order valence-electron chi connectivity index (χ4n) is 9.94. The molecule has 0 unspecified atom stereocenters. The SMILES string of the molecule is C=C/C=C(\C=C/C)c1ccccc1N(c1ccc2c(c1)-c1ccccc1C21c2ccccc2-c2ccccc21)c1ccc2c(c1)C(C)(C)c1ccccc1-2. The van der Waals surface area contributed by atoms with Gasteiger partial charge in [0.25, 0.3) is 0 Å². The molecule has 3 aliphatic rings. The fraction of sp³-hybridized carbons (Fsp3) is 0.0943. The summed E-state index contributed by atoms with van der Waals surface area (Å²) in [6, 6.07) is 59.1. The molecule has 0 amide bonds. The lowest BCUT2D eigenvalue weighted by atomic mass is 9.70. The molecule has 0 heterocycles. The molecule has 3 aliphatic carbocycles. The molecular weight excluding hydrogens is 651 g/mol. The molecule has 54 heavy (non-hydrogen) atoms. The number of hydrogen-bond donors (Lipinski definition) is 0. The predicted octanol–water partition coefficient (Wildman–Crippen LogP) is 14.0. The molecule has 0 aliphatic heterocycles. The van der Waals surface area contributed by atoms with E-state index in [1.165, 1.54) is 66.8 Å². The predicted molar refractivity (Wildman–Crippen MR) is 228 cm³/mol. The van der Waals surface area contributed by atoms with E-state index < -0.39 is 0 Å². The largest absolute Gasteiger partial charge is 0.310 e. The third kappa shape index (κ3) is 4.33. The molecule has 1 heteroatoms. The molecule has 1 spiro atoms. The Hall–Kier alpha value is -6.44. The lowest BCUT2D eigenvalue weighted by Gasteiger charge is -2.32. The Balaban J connectivity index is 1.24. The zero-order chi connectivity index (χ0) is 36.6. The van der Waals surface area contributed by atoms with E-state index in [2.05, 4.69) is 208 Å². The van der Waals surface area contributed by atoms with Crippen molar-refractivity contribution in [2.75, 3.05) is 4.90 Å². The van der Waals surface area contributed by atoms with Gasteiger partial charge >= 0.3 is 0 Å². The highest BCUT2D eigenvalue weighted by molar-refractivity contribution is 5.98. The van der Waals surface area contributed by atoms with E-state index >= 15 is 0 Å². The van der Waals surface area contributed by atoms with Crippen LogP contribution in [0.2, 0.25) is 0 Å². The van der Waals surface area contributed by atoms with Crippen LogP contribution in [0, 0.1) is 0 Å². The lowest BCUT2D eigenvalue weighted by Crippen LogP contribution is -2.25. The molecule has 0 radical (unpaired) electrons. The van der Waals surface area contributed by atoms with Crippen molar-refractivity contribution in [1.82, 2.24) is 0 Å². The van der Waals surface area contributed by atoms with Crippen LogP contribution in [0.4, 0.5) is 17.1 Å². The van der Waals surface area contributed by atoms with Crippen molar-refractivity contribution in [1.29, 1.82) is 0 Å². The summed E-state index contributed by atoms with van der Waals surface area (Å²) in [7, 11) is 0. The van der Waals surface area contributed by atoms with Gasteiger partial charge in [-0.05, 0) is 110 Å². The summed E-state index contributed by atoms with van der Waals surface area (Å²) in [6.07, 6.45) is 8.28. The molecule has 1 nitrogen and oxygen atoms in total. The van der Waals surface area contributed by atoms with E-state index in [0.29, 0.717) is 0 Å². The van der Waals surface area contributed by atoms with Crippen molar-refractivity contribution in [3.05, 3.63) is 228 Å². The van der Waals surface area contributed by atoms with Crippen LogP contribution in [0.15, 0.2) is 189 Å². The number of nitrogens with zero attached hydrogens (tertiary/aromatic N) is 1. The maximum absolute atomic E-state index is 4.08. The van der Waals surface area contributed by atoms with E-state index in [1.807, 2.05) is 6.08 Å². The van der Waals surface area contributed by atoms with Gasteiger partial charge in [0.1, 0.15) is 0 Å². The molecule has 0 atom stereocenters. The molecule has 0 aromatic heterocycles. The van der Waals surface area contributed by atoms with Gasteiger partial charge in [0.15, 0.2) is 0 Å². The highest BCUT2D eigenvalue weighted by Gasteiger charge is 2.51. The second kappa shape index (κ2) is 12.0. The standard InChI is InChI=1S/C53H41N/c1-5-17-35(18-6-2)38-19-11-16-28-51(38)54(37-29-31-43-39-20-7-12-24-45(39)52(3,4)50(43)34-37)36-30-32-49-44(33-36)42-23-10-15-27-48(42)53(49)46-25-13-8-21-40(46)41-22-9-14-26-47(41)53/h5-34H,1H2,2-4H3/b18-6-,35-17+. The third-order valence-corrected chi connectivity index (χ3v) is 12.2. The molecule has 258 valence electrons. The topological polar surface area (TPSA) is 3.24 Å². The van der Waals surface area contributed by atoms with Gasteiger partial charge in [0.2, 0.25) is 0 Å². The fourth-order valence-corrected chi connectivity index (χ4v) is 9.94. The van der Waals surface area contributed by atoms with Crippen LogP contribution in [0.25, 0.3) is 39.0 Å². The van der Waals surface area contributed by atoms with Gasteiger partial charge < -0.3 is 4.90 Å². The van der Waals surface area contributed by atoms with E-state index in [-0.39, 0.29) is 10.8 Å². The number of fused-ring (bicyclic) bond motifs is 13. The Kier molecular flexibility index (Phi) is 7.19. The van der Waals surface area contributed by atoms with Crippen LogP contribution in [-0.4, -0.2) is 0 Å². The summed E-state index contributed by atoms with van der Waals surface area (Å²) in [4.78, 5) is 2.47. The van der Waals surface area contributed by atoms with Gasteiger partial charge in [-0.15, -0.1) is 0 Å². The smallest absolute Gasteiger partial charge is 0.0725 e. The number of para-hydroxylation sites is 1. The first kappa shape index (κ1) is 32.2. The molecular formula is C53H41N. The van der Waals surface area contributed by atoms with Gasteiger partial charge in [-0.1, -0.05) is 172 Å². The summed E-state index contributed by atoms with van der Waals surface area (Å²) in [5.41, 5.74) is 21.1. The number of anilines is 3. The van der Waals surface area contributed by atoms with Gasteiger partial charge in [-0.25, -0.2) is 0 Å². The maximum atomic E-state index is 4.08. The normalized spacial score (nSPS) is 15.0. The van der Waals surface area contributed by atoms with Gasteiger partial charge in [-0.2, -0.15) is 0 Å². The summed E-state index contributed by atoms with van der Waals surface area (Å²) in [6.45, 7) is 10.9. The first-order valence-electron chi connectivity index (χ1n) is 19.0. The molecule has 7 aromatic carbocycles. The van der Waals surface area contributed by atoms with Crippen molar-refractivity contribution in [3.63, 3.8) is 0 Å². The Morgan fingerprint density at radius 2 is 0.981 bits per heavy atom. The minimum absolute atomic E-state index is 0.127. The van der Waals surface area contributed by atoms with E-state index in [1.54, 1.807) is 0 Å². The van der Waals surface area contributed by atoms with Crippen LogP contribution in [0.3, 0.4) is 0 Å². The van der Waals surface area contributed by atoms with Crippen LogP contribution < -0.4 is 4.90 Å². The summed E-state index contributed by atoms with van der Waals surface area (Å²) in [5, 5.41) is 0. The van der Waals surface area contributed by atoms with Gasteiger partial charge in [0.05, 0.1) is 11.1 Å². The lowest BCUT2D eigenvalue weighted by molar-refractivity contribution is 0.660. The minimum Gasteiger partial charge on any atom is -0.310 e. The first-order chi connectivity index (χ1) is 26.5. The maximum Gasteiger partial charge on any atom is 0.0725 e. The molecule has 0 saturated heterocycles. The van der Waals surface area contributed by atoms with Crippen LogP contribution in [0.1, 0.15) is 59.7 Å². The van der Waals surface area contributed by atoms with Crippen LogP contribution in [-0.2, 0) is 10.8 Å². The van der Waals surface area contributed by atoms with E-state index in [9.17, 15) is 0 Å². The number of hydrogen-bond acceptors (Lipinski definition) is 1. The van der Waals surface area contributed by atoms with Crippen molar-refractivity contribution in [2.45, 2.75) is 31.6 Å². The monoisotopic (exact) mass is 691 g/mol. The summed E-state index contributed by atoms with van der Waals surface area (Å²) >= 11 is 0. The highest BCUT2D eigenvalue weighted by atomic mass is 15.1. The molecule has 0 N–H and O–H groups in total. The zero-order valence-electron chi connectivity index (χ0n) is 31.0. The van der Waals surface area contributed by atoms with Gasteiger partial charge in [-0.3, -0.25) is 0 Å². The van der Waals surface area contributed by atoms with Crippen molar-refractivity contribution < 1.29 is 0 Å². The second-order valence-corrected chi connectivity index (χ2v) is 15.2. The minimum atomic E-state index is -0.379. The molecule has 0 fully saturated rings. The molecule has 10 rings (SSSR count). The Morgan fingerprint density at radius 3 is 1.61 bits per heavy atom. The number of rotatable bonds is 6. The quantitative estimate of drug-likeness (QED) is 0.157. The molecule has 0 saturated carbocycles. The Labute approximate surface area is 318 Å².